The maximum Gasteiger partial charge on any atom is 0.0566 e. The van der Waals surface area contributed by atoms with Gasteiger partial charge in [0.1, 0.15) is 0 Å². The Labute approximate surface area is 164 Å². The lowest BCUT2D eigenvalue weighted by atomic mass is 9.99. The highest BCUT2D eigenvalue weighted by Gasteiger charge is 2.18. The van der Waals surface area contributed by atoms with Crippen LogP contribution in [0.15, 0.2) is 84.9 Å². The SMILES string of the molecule is c1ccc2c(c1)ccc1c2[nH]c2c1c1ccccc1c1sc3ccccc3c21. The molecule has 0 fully saturated rings. The number of H-pyrrole nitrogens is 1. The molecule has 0 radical (unpaired) electrons. The zero-order chi connectivity index (χ0) is 18.2. The average molecular weight is 373 g/mol. The van der Waals surface area contributed by atoms with Crippen molar-refractivity contribution in [3.05, 3.63) is 84.9 Å². The van der Waals surface area contributed by atoms with Crippen molar-refractivity contribution < 1.29 is 0 Å². The monoisotopic (exact) mass is 373 g/mol. The summed E-state index contributed by atoms with van der Waals surface area (Å²) in [6.45, 7) is 0. The molecule has 0 saturated heterocycles. The molecule has 0 aliphatic rings. The van der Waals surface area contributed by atoms with Gasteiger partial charge in [-0.15, -0.1) is 11.3 Å². The topological polar surface area (TPSA) is 15.8 Å². The van der Waals surface area contributed by atoms with Crippen molar-refractivity contribution in [1.29, 1.82) is 0 Å². The molecular weight excluding hydrogens is 358 g/mol. The van der Waals surface area contributed by atoms with Gasteiger partial charge >= 0.3 is 0 Å². The van der Waals surface area contributed by atoms with Gasteiger partial charge < -0.3 is 4.98 Å². The van der Waals surface area contributed by atoms with E-state index in [1.54, 1.807) is 0 Å². The Morgan fingerprint density at radius 2 is 1.21 bits per heavy atom. The lowest BCUT2D eigenvalue weighted by Gasteiger charge is -2.04. The summed E-state index contributed by atoms with van der Waals surface area (Å²) < 4.78 is 2.72. The maximum absolute atomic E-state index is 3.84. The number of thiophene rings is 1. The van der Waals surface area contributed by atoms with Crippen molar-refractivity contribution in [2.24, 2.45) is 0 Å². The normalized spacial score (nSPS) is 12.3. The zero-order valence-electron chi connectivity index (χ0n) is 15.0. The molecule has 0 saturated carbocycles. The van der Waals surface area contributed by atoms with Gasteiger partial charge in [-0.25, -0.2) is 0 Å². The zero-order valence-corrected chi connectivity index (χ0v) is 15.8. The summed E-state index contributed by atoms with van der Waals surface area (Å²) in [5.74, 6) is 0. The second-order valence-corrected chi connectivity index (χ2v) is 8.48. The fourth-order valence-electron chi connectivity index (χ4n) is 4.79. The third kappa shape index (κ3) is 1.71. The van der Waals surface area contributed by atoms with E-state index in [1.807, 2.05) is 11.3 Å². The molecule has 130 valence electrons. The molecule has 1 nitrogen and oxygen atoms in total. The van der Waals surface area contributed by atoms with Gasteiger partial charge in [0.15, 0.2) is 0 Å². The van der Waals surface area contributed by atoms with E-state index < -0.39 is 0 Å². The molecule has 5 aromatic carbocycles. The van der Waals surface area contributed by atoms with Crippen molar-refractivity contribution in [3.63, 3.8) is 0 Å². The average Bonchev–Trinajstić information content (AvgIpc) is 3.33. The highest BCUT2D eigenvalue weighted by Crippen LogP contribution is 2.46. The van der Waals surface area contributed by atoms with Crippen LogP contribution >= 0.6 is 11.3 Å². The van der Waals surface area contributed by atoms with Crippen LogP contribution in [0.2, 0.25) is 0 Å². The third-order valence-corrected chi connectivity index (χ3v) is 7.19. The fourth-order valence-corrected chi connectivity index (χ4v) is 6.04. The van der Waals surface area contributed by atoms with Crippen LogP contribution in [0.3, 0.4) is 0 Å². The number of aromatic amines is 1. The Balaban J connectivity index is 1.89. The van der Waals surface area contributed by atoms with Crippen LogP contribution in [0, 0.1) is 0 Å². The van der Waals surface area contributed by atoms with Gasteiger partial charge in [0, 0.05) is 41.7 Å². The van der Waals surface area contributed by atoms with Crippen LogP contribution in [0.4, 0.5) is 0 Å². The van der Waals surface area contributed by atoms with E-state index in [1.165, 1.54) is 63.5 Å². The molecule has 2 heteroatoms. The Morgan fingerprint density at radius 3 is 2.11 bits per heavy atom. The Morgan fingerprint density at radius 1 is 0.500 bits per heavy atom. The minimum atomic E-state index is 1.24. The molecule has 0 amide bonds. The second-order valence-electron chi connectivity index (χ2n) is 7.43. The highest BCUT2D eigenvalue weighted by atomic mass is 32.1. The molecule has 0 aliphatic carbocycles. The standard InChI is InChI=1S/C26H15NS/c1-2-8-16-15(7-1)13-14-20-22-17-9-3-4-10-18(17)26-23(25(22)27-24(16)20)19-11-5-6-12-21(19)28-26/h1-14,27H. The van der Waals surface area contributed by atoms with Crippen LogP contribution in [-0.2, 0) is 0 Å². The first-order valence-corrected chi connectivity index (χ1v) is 10.4. The molecule has 7 rings (SSSR count). The minimum Gasteiger partial charge on any atom is -0.353 e. The quantitative estimate of drug-likeness (QED) is 0.277. The molecule has 7 aromatic rings. The Hall–Kier alpha value is -3.36. The molecule has 0 atom stereocenters. The molecule has 1 N–H and O–H groups in total. The van der Waals surface area contributed by atoms with Crippen LogP contribution in [0.1, 0.15) is 0 Å². The van der Waals surface area contributed by atoms with E-state index in [4.69, 9.17) is 0 Å². The summed E-state index contributed by atoms with van der Waals surface area (Å²) in [5.41, 5.74) is 2.50. The van der Waals surface area contributed by atoms with Crippen LogP contribution in [-0.4, -0.2) is 4.98 Å². The first-order chi connectivity index (χ1) is 13.9. The summed E-state index contributed by atoms with van der Waals surface area (Å²) in [6, 6.07) is 30.8. The van der Waals surface area contributed by atoms with Gasteiger partial charge in [0.05, 0.1) is 11.0 Å². The predicted molar refractivity (Wildman–Crippen MR) is 124 cm³/mol. The predicted octanol–water partition coefficient (Wildman–Crippen LogP) is 8.00. The number of aromatic nitrogens is 1. The smallest absolute Gasteiger partial charge is 0.0566 e. The maximum atomic E-state index is 3.84. The molecule has 2 aromatic heterocycles. The molecule has 0 aliphatic heterocycles. The van der Waals surface area contributed by atoms with Gasteiger partial charge in [0.2, 0.25) is 0 Å². The van der Waals surface area contributed by atoms with Gasteiger partial charge in [-0.2, -0.15) is 0 Å². The summed E-state index contributed by atoms with van der Waals surface area (Å²) in [5, 5.41) is 10.6. The summed E-state index contributed by atoms with van der Waals surface area (Å²) in [4.78, 5) is 3.84. The first kappa shape index (κ1) is 14.7. The number of rotatable bonds is 0. The van der Waals surface area contributed by atoms with E-state index in [2.05, 4.69) is 89.9 Å². The van der Waals surface area contributed by atoms with Crippen molar-refractivity contribution in [1.82, 2.24) is 4.98 Å². The largest absolute Gasteiger partial charge is 0.353 e. The van der Waals surface area contributed by atoms with Gasteiger partial charge in [0.25, 0.3) is 0 Å². The Bertz CT molecular complexity index is 1720. The third-order valence-electron chi connectivity index (χ3n) is 5.98. The van der Waals surface area contributed by atoms with Crippen molar-refractivity contribution in [2.45, 2.75) is 0 Å². The van der Waals surface area contributed by atoms with E-state index in [9.17, 15) is 0 Å². The lowest BCUT2D eigenvalue weighted by Crippen LogP contribution is -1.77. The highest BCUT2D eigenvalue weighted by molar-refractivity contribution is 7.27. The molecular formula is C26H15NS. The van der Waals surface area contributed by atoms with Crippen LogP contribution in [0.25, 0.3) is 63.5 Å². The first-order valence-electron chi connectivity index (χ1n) is 9.55. The number of hydrogen-bond donors (Lipinski definition) is 1. The number of benzene rings is 5. The van der Waals surface area contributed by atoms with Gasteiger partial charge in [-0.05, 0) is 16.8 Å². The van der Waals surface area contributed by atoms with Crippen molar-refractivity contribution >= 4 is 74.9 Å². The number of fused-ring (bicyclic) bond motifs is 12. The lowest BCUT2D eigenvalue weighted by molar-refractivity contribution is 1.59. The fraction of sp³-hybridized carbons (Fsp3) is 0. The second kappa shape index (κ2) is 5.12. The minimum absolute atomic E-state index is 1.24. The summed E-state index contributed by atoms with van der Waals surface area (Å²) in [6.07, 6.45) is 0. The number of nitrogens with one attached hydrogen (secondary N) is 1. The van der Waals surface area contributed by atoms with Gasteiger partial charge in [-0.1, -0.05) is 78.9 Å². The van der Waals surface area contributed by atoms with Crippen LogP contribution in [0.5, 0.6) is 0 Å². The van der Waals surface area contributed by atoms with E-state index in [-0.39, 0.29) is 0 Å². The van der Waals surface area contributed by atoms with Crippen LogP contribution < -0.4 is 0 Å². The van der Waals surface area contributed by atoms with E-state index in [0.29, 0.717) is 0 Å². The molecule has 2 heterocycles. The molecule has 0 unspecified atom stereocenters. The molecule has 0 bridgehead atoms. The summed E-state index contributed by atoms with van der Waals surface area (Å²) in [7, 11) is 0. The van der Waals surface area contributed by atoms with E-state index >= 15 is 0 Å². The van der Waals surface area contributed by atoms with E-state index in [0.717, 1.165) is 0 Å². The Kier molecular flexibility index (Phi) is 2.68. The molecule has 0 spiro atoms. The summed E-state index contributed by atoms with van der Waals surface area (Å²) >= 11 is 1.90. The molecule has 28 heavy (non-hydrogen) atoms. The van der Waals surface area contributed by atoms with Crippen molar-refractivity contribution in [2.75, 3.05) is 0 Å². The van der Waals surface area contributed by atoms with Crippen molar-refractivity contribution in [3.8, 4) is 0 Å². The van der Waals surface area contributed by atoms with Gasteiger partial charge in [-0.3, -0.25) is 0 Å². The number of hydrogen-bond acceptors (Lipinski definition) is 1.